The third-order valence-electron chi connectivity index (χ3n) is 3.35. The molecule has 1 heterocycles. The zero-order valence-corrected chi connectivity index (χ0v) is 12.7. The molecule has 0 spiro atoms. The van der Waals surface area contributed by atoms with Crippen molar-refractivity contribution in [3.8, 4) is 5.75 Å². The highest BCUT2D eigenvalue weighted by atomic mass is 79.9. The Morgan fingerprint density at radius 1 is 1.25 bits per heavy atom. The molecule has 20 heavy (non-hydrogen) atoms. The lowest BCUT2D eigenvalue weighted by atomic mass is 9.95. The van der Waals surface area contributed by atoms with E-state index < -0.39 is 6.10 Å². The van der Waals surface area contributed by atoms with E-state index in [4.69, 9.17) is 16.3 Å². The van der Waals surface area contributed by atoms with Gasteiger partial charge < -0.3 is 9.84 Å². The van der Waals surface area contributed by atoms with E-state index in [-0.39, 0.29) is 11.9 Å². The molecular weight excluding hydrogens is 347 g/mol. The summed E-state index contributed by atoms with van der Waals surface area (Å²) in [5.41, 5.74) is 1.37. The Morgan fingerprint density at radius 3 is 2.80 bits per heavy atom. The van der Waals surface area contributed by atoms with Crippen molar-refractivity contribution in [1.82, 2.24) is 0 Å². The van der Waals surface area contributed by atoms with Crippen molar-refractivity contribution < 1.29 is 14.2 Å². The minimum Gasteiger partial charge on any atom is -0.485 e. The molecule has 0 aliphatic carbocycles. The van der Waals surface area contributed by atoms with Gasteiger partial charge in [-0.25, -0.2) is 4.39 Å². The van der Waals surface area contributed by atoms with Crippen molar-refractivity contribution in [2.24, 2.45) is 0 Å². The predicted octanol–water partition coefficient (Wildman–Crippen LogP) is 4.80. The Morgan fingerprint density at radius 2 is 2.05 bits per heavy atom. The number of aliphatic hydroxyl groups excluding tert-OH is 1. The van der Waals surface area contributed by atoms with Gasteiger partial charge in [-0.3, -0.25) is 0 Å². The maximum absolute atomic E-state index is 13.2. The van der Waals surface area contributed by atoms with Gasteiger partial charge in [-0.2, -0.15) is 0 Å². The monoisotopic (exact) mass is 356 g/mol. The number of hydrogen-bond donors (Lipinski definition) is 1. The summed E-state index contributed by atoms with van der Waals surface area (Å²) in [7, 11) is 0. The molecule has 3 rings (SSSR count). The summed E-state index contributed by atoms with van der Waals surface area (Å²) < 4.78 is 19.8. The van der Waals surface area contributed by atoms with E-state index >= 15 is 0 Å². The van der Waals surface area contributed by atoms with Crippen LogP contribution in [-0.2, 0) is 0 Å². The van der Waals surface area contributed by atoms with Crippen molar-refractivity contribution >= 4 is 27.5 Å². The first-order valence-corrected chi connectivity index (χ1v) is 7.31. The molecule has 0 fully saturated rings. The lowest BCUT2D eigenvalue weighted by molar-refractivity contribution is 0.0653. The Labute approximate surface area is 129 Å². The van der Waals surface area contributed by atoms with E-state index in [0.717, 1.165) is 10.0 Å². The highest BCUT2D eigenvalue weighted by Crippen LogP contribution is 2.41. The predicted molar refractivity (Wildman–Crippen MR) is 78.5 cm³/mol. The number of aliphatic hydroxyl groups is 1. The second-order valence-corrected chi connectivity index (χ2v) is 5.98. The Bertz CT molecular complexity index is 662. The number of fused-ring (bicyclic) bond motifs is 1. The molecule has 0 bridgehead atoms. The molecule has 1 N–H and O–H groups in total. The van der Waals surface area contributed by atoms with Gasteiger partial charge in [0, 0.05) is 16.5 Å². The van der Waals surface area contributed by atoms with Crippen molar-refractivity contribution in [1.29, 1.82) is 0 Å². The van der Waals surface area contributed by atoms with Gasteiger partial charge in [0.1, 0.15) is 17.7 Å². The molecule has 0 saturated heterocycles. The molecule has 0 saturated carbocycles. The van der Waals surface area contributed by atoms with Crippen LogP contribution in [0.2, 0.25) is 5.02 Å². The van der Waals surface area contributed by atoms with Gasteiger partial charge in [-0.05, 0) is 51.8 Å². The molecule has 0 amide bonds. The summed E-state index contributed by atoms with van der Waals surface area (Å²) in [5.74, 6) is 0.130. The second-order valence-electron chi connectivity index (χ2n) is 4.71. The van der Waals surface area contributed by atoms with Gasteiger partial charge in [-0.1, -0.05) is 17.7 Å². The summed E-state index contributed by atoms with van der Waals surface area (Å²) >= 11 is 9.41. The van der Waals surface area contributed by atoms with Crippen molar-refractivity contribution in [3.63, 3.8) is 0 Å². The molecule has 5 heteroatoms. The minimum atomic E-state index is -0.748. The van der Waals surface area contributed by atoms with E-state index in [1.54, 1.807) is 12.1 Å². The summed E-state index contributed by atoms with van der Waals surface area (Å²) in [6, 6.07) is 9.71. The largest absolute Gasteiger partial charge is 0.485 e. The quantitative estimate of drug-likeness (QED) is 0.794. The molecule has 2 atom stereocenters. The number of benzene rings is 2. The van der Waals surface area contributed by atoms with Crippen LogP contribution < -0.4 is 4.74 Å². The summed E-state index contributed by atoms with van der Waals surface area (Å²) in [5, 5.41) is 10.7. The van der Waals surface area contributed by atoms with Crippen LogP contribution in [0.15, 0.2) is 40.9 Å². The van der Waals surface area contributed by atoms with Crippen LogP contribution in [0, 0.1) is 5.82 Å². The first-order valence-electron chi connectivity index (χ1n) is 6.13. The first-order chi connectivity index (χ1) is 9.54. The summed E-state index contributed by atoms with van der Waals surface area (Å²) in [6.07, 6.45) is -0.676. The summed E-state index contributed by atoms with van der Waals surface area (Å²) in [6.45, 7) is 0. The number of hydrogen-bond acceptors (Lipinski definition) is 2. The highest BCUT2D eigenvalue weighted by molar-refractivity contribution is 9.10. The van der Waals surface area contributed by atoms with Gasteiger partial charge in [0.05, 0.1) is 11.1 Å². The fourth-order valence-electron chi connectivity index (χ4n) is 2.33. The van der Waals surface area contributed by atoms with Crippen LogP contribution in [-0.4, -0.2) is 5.11 Å². The molecule has 2 aromatic rings. The average Bonchev–Trinajstić information content (AvgIpc) is 2.42. The highest BCUT2D eigenvalue weighted by Gasteiger charge is 2.28. The lowest BCUT2D eigenvalue weighted by Gasteiger charge is -2.30. The minimum absolute atomic E-state index is 0.298. The standard InChI is InChI=1S/C15H11BrClFO2/c16-11-3-1-8(5-12(11)17)15-7-13(19)10-6-9(18)2-4-14(10)20-15/h1-6,13,15,19H,7H2. The Hall–Kier alpha value is -1.10. The number of ether oxygens (including phenoxy) is 1. The SMILES string of the molecule is OC1CC(c2ccc(Br)c(Cl)c2)Oc2ccc(F)cc21. The van der Waals surface area contributed by atoms with Crippen LogP contribution in [0.5, 0.6) is 5.75 Å². The molecule has 2 aromatic carbocycles. The Kier molecular flexibility index (Phi) is 3.71. The van der Waals surface area contributed by atoms with Crippen LogP contribution in [0.1, 0.15) is 29.8 Å². The van der Waals surface area contributed by atoms with Crippen LogP contribution in [0.3, 0.4) is 0 Å². The van der Waals surface area contributed by atoms with Crippen molar-refractivity contribution in [2.45, 2.75) is 18.6 Å². The molecule has 0 aromatic heterocycles. The van der Waals surface area contributed by atoms with Crippen molar-refractivity contribution in [3.05, 3.63) is 62.8 Å². The third kappa shape index (κ3) is 2.55. The van der Waals surface area contributed by atoms with E-state index in [2.05, 4.69) is 15.9 Å². The molecule has 0 radical (unpaired) electrons. The van der Waals surface area contributed by atoms with Gasteiger partial charge in [0.25, 0.3) is 0 Å². The van der Waals surface area contributed by atoms with Crippen LogP contribution in [0.25, 0.3) is 0 Å². The average molecular weight is 358 g/mol. The lowest BCUT2D eigenvalue weighted by Crippen LogP contribution is -2.19. The molecule has 1 aliphatic heterocycles. The molecule has 2 nitrogen and oxygen atoms in total. The maximum Gasteiger partial charge on any atom is 0.127 e. The summed E-state index contributed by atoms with van der Waals surface area (Å²) in [4.78, 5) is 0. The smallest absolute Gasteiger partial charge is 0.127 e. The first kappa shape index (κ1) is 13.9. The molecule has 104 valence electrons. The second kappa shape index (κ2) is 5.35. The molecule has 2 unspecified atom stereocenters. The molecular formula is C15H11BrClFO2. The maximum atomic E-state index is 13.2. The normalized spacial score (nSPS) is 21.2. The zero-order chi connectivity index (χ0) is 14.3. The Balaban J connectivity index is 1.94. The zero-order valence-electron chi connectivity index (χ0n) is 10.3. The van der Waals surface area contributed by atoms with E-state index in [0.29, 0.717) is 22.8 Å². The fourth-order valence-corrected chi connectivity index (χ4v) is 2.77. The van der Waals surface area contributed by atoms with Crippen LogP contribution >= 0.6 is 27.5 Å². The van der Waals surface area contributed by atoms with E-state index in [1.807, 2.05) is 12.1 Å². The topological polar surface area (TPSA) is 29.5 Å². The fraction of sp³-hybridized carbons (Fsp3) is 0.200. The van der Waals surface area contributed by atoms with Crippen LogP contribution in [0.4, 0.5) is 4.39 Å². The van der Waals surface area contributed by atoms with Gasteiger partial charge >= 0.3 is 0 Å². The number of halogens is 3. The number of rotatable bonds is 1. The van der Waals surface area contributed by atoms with E-state index in [9.17, 15) is 9.50 Å². The third-order valence-corrected chi connectivity index (χ3v) is 4.59. The van der Waals surface area contributed by atoms with E-state index in [1.165, 1.54) is 12.1 Å². The van der Waals surface area contributed by atoms with Crippen molar-refractivity contribution in [2.75, 3.05) is 0 Å². The van der Waals surface area contributed by atoms with Gasteiger partial charge in [0.15, 0.2) is 0 Å². The molecule has 1 aliphatic rings. The van der Waals surface area contributed by atoms with Gasteiger partial charge in [-0.15, -0.1) is 0 Å². The van der Waals surface area contributed by atoms with Gasteiger partial charge in [0.2, 0.25) is 0 Å².